The SMILES string of the molecule is CC(=O)OCC=C(C)C=CC(Br)C(C)C=CC1=C(C)CCCC1(C)C. The van der Waals surface area contributed by atoms with Gasteiger partial charge in [0.25, 0.3) is 0 Å². The van der Waals surface area contributed by atoms with Crippen molar-refractivity contribution in [2.45, 2.75) is 65.6 Å². The van der Waals surface area contributed by atoms with Gasteiger partial charge in [0.1, 0.15) is 6.61 Å². The maximum Gasteiger partial charge on any atom is 0.302 e. The number of esters is 1. The van der Waals surface area contributed by atoms with E-state index in [0.717, 1.165) is 5.57 Å². The Morgan fingerprint density at radius 3 is 2.60 bits per heavy atom. The van der Waals surface area contributed by atoms with Gasteiger partial charge in [0, 0.05) is 11.8 Å². The Morgan fingerprint density at radius 1 is 1.32 bits per heavy atom. The number of rotatable bonds is 7. The minimum Gasteiger partial charge on any atom is -0.462 e. The molecule has 0 aromatic heterocycles. The molecule has 0 N–H and O–H groups in total. The van der Waals surface area contributed by atoms with Crippen molar-refractivity contribution in [3.63, 3.8) is 0 Å². The van der Waals surface area contributed by atoms with Crippen molar-refractivity contribution < 1.29 is 9.53 Å². The first-order chi connectivity index (χ1) is 11.6. The van der Waals surface area contributed by atoms with Gasteiger partial charge in [-0.05, 0) is 56.1 Å². The van der Waals surface area contributed by atoms with E-state index in [2.05, 4.69) is 67.9 Å². The summed E-state index contributed by atoms with van der Waals surface area (Å²) in [7, 11) is 0. The zero-order valence-corrected chi connectivity index (χ0v) is 18.2. The summed E-state index contributed by atoms with van der Waals surface area (Å²) in [5.41, 5.74) is 4.41. The molecule has 0 bridgehead atoms. The second kappa shape index (κ2) is 10.2. The van der Waals surface area contributed by atoms with E-state index in [1.165, 1.54) is 37.3 Å². The topological polar surface area (TPSA) is 26.3 Å². The summed E-state index contributed by atoms with van der Waals surface area (Å²) in [4.78, 5) is 11.0. The van der Waals surface area contributed by atoms with E-state index in [0.29, 0.717) is 12.5 Å². The van der Waals surface area contributed by atoms with Crippen molar-refractivity contribution in [1.82, 2.24) is 0 Å². The highest BCUT2D eigenvalue weighted by molar-refractivity contribution is 9.09. The lowest BCUT2D eigenvalue weighted by Gasteiger charge is -2.33. The van der Waals surface area contributed by atoms with Gasteiger partial charge < -0.3 is 4.74 Å². The van der Waals surface area contributed by atoms with Crippen LogP contribution in [0, 0.1) is 11.3 Å². The molecule has 3 heteroatoms. The highest BCUT2D eigenvalue weighted by Crippen LogP contribution is 2.41. The number of hydrogen-bond acceptors (Lipinski definition) is 2. The van der Waals surface area contributed by atoms with E-state index < -0.39 is 0 Å². The second-order valence-electron chi connectivity index (χ2n) is 7.70. The average molecular weight is 409 g/mol. The van der Waals surface area contributed by atoms with Crippen LogP contribution in [-0.4, -0.2) is 17.4 Å². The lowest BCUT2D eigenvalue weighted by Crippen LogP contribution is -2.19. The molecule has 0 saturated carbocycles. The Kier molecular flexibility index (Phi) is 8.92. The third kappa shape index (κ3) is 7.77. The molecule has 1 aliphatic carbocycles. The fourth-order valence-electron chi connectivity index (χ4n) is 3.14. The van der Waals surface area contributed by atoms with E-state index in [4.69, 9.17) is 4.74 Å². The fraction of sp³-hybridized carbons (Fsp3) is 0.591. The summed E-state index contributed by atoms with van der Waals surface area (Å²) in [6.45, 7) is 13.0. The van der Waals surface area contributed by atoms with Gasteiger partial charge in [-0.25, -0.2) is 0 Å². The smallest absolute Gasteiger partial charge is 0.302 e. The fourth-order valence-corrected chi connectivity index (χ4v) is 3.47. The van der Waals surface area contributed by atoms with Crippen molar-refractivity contribution >= 4 is 21.9 Å². The highest BCUT2D eigenvalue weighted by atomic mass is 79.9. The van der Waals surface area contributed by atoms with Crippen molar-refractivity contribution in [3.8, 4) is 0 Å². The normalized spacial score (nSPS) is 21.0. The molecule has 0 amide bonds. The molecule has 2 unspecified atom stereocenters. The number of hydrogen-bond donors (Lipinski definition) is 0. The Hall–Kier alpha value is -1.09. The van der Waals surface area contributed by atoms with Crippen LogP contribution in [0.3, 0.4) is 0 Å². The largest absolute Gasteiger partial charge is 0.462 e. The van der Waals surface area contributed by atoms with Gasteiger partial charge in [0.05, 0.1) is 0 Å². The maximum atomic E-state index is 10.8. The summed E-state index contributed by atoms with van der Waals surface area (Å²) in [5.74, 6) is 0.149. The Balaban J connectivity index is 2.65. The van der Waals surface area contributed by atoms with Gasteiger partial charge >= 0.3 is 5.97 Å². The predicted octanol–water partition coefficient (Wildman–Crippen LogP) is 6.53. The summed E-state index contributed by atoms with van der Waals surface area (Å²) < 4.78 is 4.92. The molecule has 0 aliphatic heterocycles. The number of carbonyl (C=O) groups excluding carboxylic acids is 1. The third-order valence-corrected chi connectivity index (χ3v) is 5.99. The van der Waals surface area contributed by atoms with Gasteiger partial charge in [-0.1, -0.05) is 72.2 Å². The first-order valence-corrected chi connectivity index (χ1v) is 10.1. The maximum absolute atomic E-state index is 10.8. The van der Waals surface area contributed by atoms with Crippen molar-refractivity contribution in [2.75, 3.05) is 6.61 Å². The Labute approximate surface area is 162 Å². The molecule has 0 radical (unpaired) electrons. The molecule has 0 fully saturated rings. The van der Waals surface area contributed by atoms with Crippen LogP contribution in [0.25, 0.3) is 0 Å². The Morgan fingerprint density at radius 2 is 2.00 bits per heavy atom. The van der Waals surface area contributed by atoms with Crippen LogP contribution in [-0.2, 0) is 9.53 Å². The molecule has 0 spiro atoms. The minimum atomic E-state index is -0.250. The van der Waals surface area contributed by atoms with Gasteiger partial charge in [-0.2, -0.15) is 0 Å². The summed E-state index contributed by atoms with van der Waals surface area (Å²) in [5, 5.41) is 0. The van der Waals surface area contributed by atoms with Crippen LogP contribution in [0.15, 0.2) is 47.1 Å². The quantitative estimate of drug-likeness (QED) is 0.271. The summed E-state index contributed by atoms with van der Waals surface area (Å²) in [6, 6.07) is 0. The molecule has 25 heavy (non-hydrogen) atoms. The van der Waals surface area contributed by atoms with Crippen molar-refractivity contribution in [1.29, 1.82) is 0 Å². The lowest BCUT2D eigenvalue weighted by atomic mass is 9.72. The summed E-state index contributed by atoms with van der Waals surface area (Å²) >= 11 is 3.77. The molecule has 1 rings (SSSR count). The molecule has 140 valence electrons. The minimum absolute atomic E-state index is 0.250. The van der Waals surface area contributed by atoms with Gasteiger partial charge in [-0.3, -0.25) is 4.79 Å². The number of ether oxygens (including phenoxy) is 1. The molecular formula is C22H33BrO2. The standard InChI is InChI=1S/C22H33BrO2/c1-16(13-15-25-19(4)24)9-12-21(23)18(3)10-11-20-17(2)8-7-14-22(20,5)6/h9-13,18,21H,7-8,14-15H2,1-6H3. The average Bonchev–Trinajstić information content (AvgIpc) is 2.50. The molecular weight excluding hydrogens is 376 g/mol. The summed E-state index contributed by atoms with van der Waals surface area (Å²) in [6.07, 6.45) is 14.6. The van der Waals surface area contributed by atoms with Crippen LogP contribution < -0.4 is 0 Å². The zero-order valence-electron chi connectivity index (χ0n) is 16.6. The van der Waals surface area contributed by atoms with Gasteiger partial charge in [-0.15, -0.1) is 0 Å². The van der Waals surface area contributed by atoms with Crippen molar-refractivity contribution in [3.05, 3.63) is 47.1 Å². The van der Waals surface area contributed by atoms with E-state index >= 15 is 0 Å². The number of halogens is 1. The number of allylic oxidation sites excluding steroid dienone is 7. The highest BCUT2D eigenvalue weighted by Gasteiger charge is 2.26. The molecule has 2 atom stereocenters. The second-order valence-corrected chi connectivity index (χ2v) is 8.76. The third-order valence-electron chi connectivity index (χ3n) is 4.85. The van der Waals surface area contributed by atoms with Crippen LogP contribution in [0.5, 0.6) is 0 Å². The van der Waals surface area contributed by atoms with Crippen LogP contribution in [0.2, 0.25) is 0 Å². The van der Waals surface area contributed by atoms with Gasteiger partial charge in [0.15, 0.2) is 0 Å². The monoisotopic (exact) mass is 408 g/mol. The molecule has 0 heterocycles. The van der Waals surface area contributed by atoms with E-state index in [1.807, 2.05) is 13.0 Å². The van der Waals surface area contributed by atoms with Crippen LogP contribution in [0.4, 0.5) is 0 Å². The first kappa shape index (κ1) is 22.0. The molecule has 0 aromatic carbocycles. The van der Waals surface area contributed by atoms with Crippen molar-refractivity contribution in [2.24, 2.45) is 11.3 Å². The Bertz CT molecular complexity index is 579. The van der Waals surface area contributed by atoms with Crippen LogP contribution >= 0.6 is 15.9 Å². The number of alkyl halides is 1. The van der Waals surface area contributed by atoms with E-state index in [-0.39, 0.29) is 16.2 Å². The van der Waals surface area contributed by atoms with E-state index in [9.17, 15) is 4.79 Å². The molecule has 0 aromatic rings. The van der Waals surface area contributed by atoms with E-state index in [1.54, 1.807) is 0 Å². The van der Waals surface area contributed by atoms with Gasteiger partial charge in [0.2, 0.25) is 0 Å². The zero-order chi connectivity index (χ0) is 19.0. The molecule has 2 nitrogen and oxygen atoms in total. The van der Waals surface area contributed by atoms with Crippen LogP contribution in [0.1, 0.15) is 60.8 Å². The molecule has 1 aliphatic rings. The predicted molar refractivity (Wildman–Crippen MR) is 111 cm³/mol. The molecule has 0 saturated heterocycles. The number of carbonyl (C=O) groups is 1. The lowest BCUT2D eigenvalue weighted by molar-refractivity contribution is -0.139. The first-order valence-electron chi connectivity index (χ1n) is 9.14.